The molecule has 1 saturated heterocycles. The Labute approximate surface area is 122 Å². The van der Waals surface area contributed by atoms with Crippen molar-refractivity contribution < 1.29 is 9.15 Å². The molecule has 1 aliphatic rings. The van der Waals surface area contributed by atoms with Gasteiger partial charge in [0.1, 0.15) is 5.52 Å². The summed E-state index contributed by atoms with van der Waals surface area (Å²) in [5, 5.41) is 0.683. The smallest absolute Gasteiger partial charge is 0.256 e. The van der Waals surface area contributed by atoms with E-state index in [1.807, 2.05) is 18.2 Å². The number of nitrogens with zero attached hydrogens (tertiary/aromatic N) is 2. The van der Waals surface area contributed by atoms with E-state index in [1.165, 1.54) is 0 Å². The molecular formula is C14H19N3O2S. The number of anilines is 1. The van der Waals surface area contributed by atoms with E-state index in [0.717, 1.165) is 43.1 Å². The van der Waals surface area contributed by atoms with Crippen LogP contribution in [0.5, 0.6) is 0 Å². The number of aromatic nitrogens is 1. The monoisotopic (exact) mass is 293 g/mol. The molecular weight excluding hydrogens is 274 g/mol. The molecule has 0 amide bonds. The van der Waals surface area contributed by atoms with Crippen LogP contribution in [0.4, 0.5) is 5.69 Å². The molecule has 0 saturated carbocycles. The van der Waals surface area contributed by atoms with Gasteiger partial charge in [-0.2, -0.15) is 0 Å². The first-order chi connectivity index (χ1) is 9.74. The average Bonchev–Trinajstić information content (AvgIpc) is 2.87. The quantitative estimate of drug-likeness (QED) is 0.689. The van der Waals surface area contributed by atoms with Crippen molar-refractivity contribution in [2.75, 3.05) is 37.7 Å². The van der Waals surface area contributed by atoms with E-state index in [1.54, 1.807) is 11.8 Å². The van der Waals surface area contributed by atoms with Crippen LogP contribution in [0, 0.1) is 0 Å². The third-order valence-corrected chi connectivity index (χ3v) is 4.42. The van der Waals surface area contributed by atoms with Crippen LogP contribution in [-0.4, -0.2) is 48.0 Å². The maximum atomic E-state index is 5.77. The Morgan fingerprint density at radius 3 is 3.25 bits per heavy atom. The van der Waals surface area contributed by atoms with Crippen molar-refractivity contribution in [3.8, 4) is 0 Å². The van der Waals surface area contributed by atoms with E-state index in [9.17, 15) is 0 Å². The Kier molecular flexibility index (Phi) is 4.14. The number of oxazole rings is 1. The molecule has 0 bridgehead atoms. The number of benzene rings is 1. The summed E-state index contributed by atoms with van der Waals surface area (Å²) in [6, 6.07) is 5.53. The fourth-order valence-corrected chi connectivity index (χ4v) is 3.16. The van der Waals surface area contributed by atoms with Gasteiger partial charge in [0.25, 0.3) is 5.22 Å². The Morgan fingerprint density at radius 2 is 2.40 bits per heavy atom. The summed E-state index contributed by atoms with van der Waals surface area (Å²) in [7, 11) is 0. The molecule has 20 heavy (non-hydrogen) atoms. The lowest BCUT2D eigenvalue weighted by atomic mass is 10.3. The normalized spacial score (nSPS) is 20.6. The molecule has 1 aromatic heterocycles. The molecule has 1 fully saturated rings. The van der Waals surface area contributed by atoms with Crippen LogP contribution < -0.4 is 5.73 Å². The summed E-state index contributed by atoms with van der Waals surface area (Å²) in [6.45, 7) is 6.08. The SMILES string of the molecule is CCN1CCOC(CSc2nc3ccc(N)cc3o2)C1. The van der Waals surface area contributed by atoms with E-state index in [2.05, 4.69) is 16.8 Å². The molecule has 0 radical (unpaired) electrons. The van der Waals surface area contributed by atoms with Crippen LogP contribution in [-0.2, 0) is 4.74 Å². The summed E-state index contributed by atoms with van der Waals surface area (Å²) in [5.41, 5.74) is 8.02. The first-order valence-electron chi connectivity index (χ1n) is 6.87. The maximum absolute atomic E-state index is 5.77. The van der Waals surface area contributed by atoms with E-state index < -0.39 is 0 Å². The average molecular weight is 293 g/mol. The zero-order valence-corrected chi connectivity index (χ0v) is 12.4. The van der Waals surface area contributed by atoms with Crippen molar-refractivity contribution >= 4 is 28.5 Å². The molecule has 0 spiro atoms. The van der Waals surface area contributed by atoms with Gasteiger partial charge in [0.05, 0.1) is 12.7 Å². The number of rotatable bonds is 4. The Hall–Kier alpha value is -1.24. The van der Waals surface area contributed by atoms with Gasteiger partial charge in [0, 0.05) is 30.6 Å². The molecule has 1 aliphatic heterocycles. The second-order valence-electron chi connectivity index (χ2n) is 4.90. The standard InChI is InChI=1S/C14H19N3O2S/c1-2-17-5-6-18-11(8-17)9-20-14-16-12-4-3-10(15)7-13(12)19-14/h3-4,7,11H,2,5-6,8-9,15H2,1H3. The molecule has 1 aromatic carbocycles. The van der Waals surface area contributed by atoms with E-state index >= 15 is 0 Å². The molecule has 108 valence electrons. The lowest BCUT2D eigenvalue weighted by molar-refractivity contribution is -0.0137. The number of likely N-dealkylation sites (N-methyl/N-ethyl adjacent to an activating group) is 1. The number of fused-ring (bicyclic) bond motifs is 1. The molecule has 5 nitrogen and oxygen atoms in total. The molecule has 3 rings (SSSR count). The second kappa shape index (κ2) is 6.03. The zero-order chi connectivity index (χ0) is 13.9. The highest BCUT2D eigenvalue weighted by Crippen LogP contribution is 2.26. The lowest BCUT2D eigenvalue weighted by Crippen LogP contribution is -2.43. The van der Waals surface area contributed by atoms with Crippen LogP contribution in [0.1, 0.15) is 6.92 Å². The molecule has 0 aliphatic carbocycles. The number of nitrogens with two attached hydrogens (primary N) is 1. The van der Waals surface area contributed by atoms with Gasteiger partial charge in [0.2, 0.25) is 0 Å². The topological polar surface area (TPSA) is 64.5 Å². The third kappa shape index (κ3) is 3.08. The largest absolute Gasteiger partial charge is 0.431 e. The number of hydrogen-bond donors (Lipinski definition) is 1. The Balaban J connectivity index is 1.62. The highest BCUT2D eigenvalue weighted by Gasteiger charge is 2.20. The van der Waals surface area contributed by atoms with Crippen molar-refractivity contribution in [1.82, 2.24) is 9.88 Å². The van der Waals surface area contributed by atoms with Crippen LogP contribution in [0.2, 0.25) is 0 Å². The maximum Gasteiger partial charge on any atom is 0.256 e. The molecule has 2 N–H and O–H groups in total. The van der Waals surface area contributed by atoms with Gasteiger partial charge in [-0.3, -0.25) is 4.90 Å². The molecule has 1 unspecified atom stereocenters. The summed E-state index contributed by atoms with van der Waals surface area (Å²) in [5.74, 6) is 0.860. The molecule has 2 aromatic rings. The first-order valence-corrected chi connectivity index (χ1v) is 7.86. The van der Waals surface area contributed by atoms with Crippen molar-refractivity contribution in [3.05, 3.63) is 18.2 Å². The van der Waals surface area contributed by atoms with Gasteiger partial charge >= 0.3 is 0 Å². The number of ether oxygens (including phenoxy) is 1. The minimum atomic E-state index is 0.244. The highest BCUT2D eigenvalue weighted by atomic mass is 32.2. The first kappa shape index (κ1) is 13.7. The number of morpholine rings is 1. The lowest BCUT2D eigenvalue weighted by Gasteiger charge is -2.31. The molecule has 2 heterocycles. The van der Waals surface area contributed by atoms with Crippen LogP contribution in [0.15, 0.2) is 27.8 Å². The van der Waals surface area contributed by atoms with E-state index in [0.29, 0.717) is 10.9 Å². The molecule has 1 atom stereocenters. The Morgan fingerprint density at radius 1 is 1.50 bits per heavy atom. The van der Waals surface area contributed by atoms with Crippen LogP contribution in [0.25, 0.3) is 11.1 Å². The fraction of sp³-hybridized carbons (Fsp3) is 0.500. The summed E-state index contributed by atoms with van der Waals surface area (Å²) in [4.78, 5) is 6.85. The third-order valence-electron chi connectivity index (χ3n) is 3.46. The predicted octanol–water partition coefficient (Wildman–Crippen LogP) is 2.22. The van der Waals surface area contributed by atoms with Gasteiger partial charge < -0.3 is 14.9 Å². The van der Waals surface area contributed by atoms with Gasteiger partial charge in [-0.15, -0.1) is 0 Å². The molecule has 6 heteroatoms. The second-order valence-corrected chi connectivity index (χ2v) is 5.88. The summed E-state index contributed by atoms with van der Waals surface area (Å²) in [6.07, 6.45) is 0.244. The van der Waals surface area contributed by atoms with Crippen LogP contribution >= 0.6 is 11.8 Å². The van der Waals surface area contributed by atoms with E-state index in [4.69, 9.17) is 14.9 Å². The van der Waals surface area contributed by atoms with Gasteiger partial charge in [-0.1, -0.05) is 18.7 Å². The van der Waals surface area contributed by atoms with Crippen LogP contribution in [0.3, 0.4) is 0 Å². The Bertz CT molecular complexity index is 587. The van der Waals surface area contributed by atoms with Crippen molar-refractivity contribution in [2.45, 2.75) is 18.3 Å². The number of hydrogen-bond acceptors (Lipinski definition) is 6. The highest BCUT2D eigenvalue weighted by molar-refractivity contribution is 7.99. The summed E-state index contributed by atoms with van der Waals surface area (Å²) >= 11 is 1.60. The minimum Gasteiger partial charge on any atom is -0.431 e. The number of nitrogen functional groups attached to an aromatic ring is 1. The minimum absolute atomic E-state index is 0.244. The summed E-state index contributed by atoms with van der Waals surface area (Å²) < 4.78 is 11.5. The van der Waals surface area contributed by atoms with Gasteiger partial charge in [0.15, 0.2) is 5.58 Å². The van der Waals surface area contributed by atoms with E-state index in [-0.39, 0.29) is 6.10 Å². The number of thioether (sulfide) groups is 1. The van der Waals surface area contributed by atoms with Crippen molar-refractivity contribution in [2.24, 2.45) is 0 Å². The van der Waals surface area contributed by atoms with Gasteiger partial charge in [-0.25, -0.2) is 4.98 Å². The van der Waals surface area contributed by atoms with Crippen molar-refractivity contribution in [1.29, 1.82) is 0 Å². The fourth-order valence-electron chi connectivity index (χ4n) is 2.31. The van der Waals surface area contributed by atoms with Crippen molar-refractivity contribution in [3.63, 3.8) is 0 Å². The predicted molar refractivity (Wildman–Crippen MR) is 81.0 cm³/mol. The zero-order valence-electron chi connectivity index (χ0n) is 11.5. The van der Waals surface area contributed by atoms with Gasteiger partial charge in [-0.05, 0) is 18.7 Å².